The van der Waals surface area contributed by atoms with Gasteiger partial charge in [0.15, 0.2) is 0 Å². The zero-order valence-electron chi connectivity index (χ0n) is 12.8. The molecule has 0 saturated heterocycles. The van der Waals surface area contributed by atoms with Gasteiger partial charge in [-0.25, -0.2) is 0 Å². The van der Waals surface area contributed by atoms with Gasteiger partial charge in [-0.1, -0.05) is 78.1 Å². The van der Waals surface area contributed by atoms with Gasteiger partial charge in [0.25, 0.3) is 0 Å². The summed E-state index contributed by atoms with van der Waals surface area (Å²) in [5, 5.41) is 3.68. The molecule has 1 aliphatic carbocycles. The van der Waals surface area contributed by atoms with Crippen LogP contribution in [-0.4, -0.2) is 12.6 Å². The fraction of sp³-hybridized carbons (Fsp3) is 1.00. The minimum absolute atomic E-state index is 0.883. The number of hydrogen-bond donors (Lipinski definition) is 1. The minimum atomic E-state index is 0.883. The van der Waals surface area contributed by atoms with Crippen molar-refractivity contribution in [1.82, 2.24) is 5.32 Å². The number of unbranched alkanes of at least 4 members (excludes halogenated alkanes) is 9. The van der Waals surface area contributed by atoms with Crippen LogP contribution in [0.25, 0.3) is 0 Å². The third kappa shape index (κ3) is 8.13. The number of rotatable bonds is 13. The van der Waals surface area contributed by atoms with E-state index >= 15 is 0 Å². The molecular weight excluding hydrogens is 218 g/mol. The van der Waals surface area contributed by atoms with Crippen molar-refractivity contribution < 1.29 is 0 Å². The first-order chi connectivity index (χ1) is 8.88. The molecule has 0 spiro atoms. The van der Waals surface area contributed by atoms with Crippen LogP contribution in [-0.2, 0) is 0 Å². The molecule has 0 aromatic carbocycles. The first kappa shape index (κ1) is 16.0. The summed E-state index contributed by atoms with van der Waals surface area (Å²) in [7, 11) is 0. The van der Waals surface area contributed by atoms with Gasteiger partial charge in [0.1, 0.15) is 0 Å². The van der Waals surface area contributed by atoms with Crippen LogP contribution in [0.3, 0.4) is 0 Å². The Morgan fingerprint density at radius 1 is 0.778 bits per heavy atom. The summed E-state index contributed by atoms with van der Waals surface area (Å²) < 4.78 is 0. The van der Waals surface area contributed by atoms with Gasteiger partial charge < -0.3 is 5.32 Å². The summed E-state index contributed by atoms with van der Waals surface area (Å²) in [4.78, 5) is 0. The van der Waals surface area contributed by atoms with Crippen LogP contribution in [0.2, 0.25) is 0 Å². The van der Waals surface area contributed by atoms with E-state index in [1.54, 1.807) is 0 Å². The first-order valence-corrected chi connectivity index (χ1v) is 8.61. The van der Waals surface area contributed by atoms with Gasteiger partial charge in [0.05, 0.1) is 0 Å². The van der Waals surface area contributed by atoms with Crippen LogP contribution < -0.4 is 5.32 Å². The molecule has 18 heavy (non-hydrogen) atoms. The van der Waals surface area contributed by atoms with Gasteiger partial charge in [-0.05, 0) is 25.3 Å². The van der Waals surface area contributed by atoms with Gasteiger partial charge in [-0.15, -0.1) is 0 Å². The van der Waals surface area contributed by atoms with Crippen molar-refractivity contribution in [3.05, 3.63) is 0 Å². The van der Waals surface area contributed by atoms with Crippen LogP contribution in [0.5, 0.6) is 0 Å². The second-order valence-corrected chi connectivity index (χ2v) is 6.15. The Hall–Kier alpha value is -0.0400. The van der Waals surface area contributed by atoms with Gasteiger partial charge in [0, 0.05) is 6.04 Å². The molecule has 1 saturated carbocycles. The predicted octanol–water partition coefficient (Wildman–Crippen LogP) is 5.30. The normalized spacial score (nSPS) is 22.3. The second kappa shape index (κ2) is 10.8. The molecule has 0 radical (unpaired) electrons. The number of nitrogens with one attached hydrogen (secondary N) is 1. The zero-order chi connectivity index (χ0) is 13.1. The molecule has 2 unspecified atom stereocenters. The lowest BCUT2D eigenvalue weighted by Gasteiger charge is -2.04. The Morgan fingerprint density at radius 2 is 1.33 bits per heavy atom. The molecule has 108 valence electrons. The maximum Gasteiger partial charge on any atom is 0.00990 e. The smallest absolute Gasteiger partial charge is 0.00990 e. The van der Waals surface area contributed by atoms with E-state index in [0.717, 1.165) is 12.0 Å². The average molecular weight is 253 g/mol. The summed E-state index contributed by atoms with van der Waals surface area (Å²) in [6.45, 7) is 5.86. The molecule has 1 N–H and O–H groups in total. The lowest BCUT2D eigenvalue weighted by Crippen LogP contribution is -2.19. The fourth-order valence-electron chi connectivity index (χ4n) is 2.85. The van der Waals surface area contributed by atoms with Crippen molar-refractivity contribution in [2.75, 3.05) is 6.54 Å². The Morgan fingerprint density at radius 3 is 1.83 bits per heavy atom. The van der Waals surface area contributed by atoms with Crippen molar-refractivity contribution in [2.45, 2.75) is 96.9 Å². The Labute approximate surface area is 115 Å². The Bertz CT molecular complexity index is 178. The maximum atomic E-state index is 3.68. The van der Waals surface area contributed by atoms with E-state index < -0.39 is 0 Å². The standard InChI is InChI=1S/C17H35N/c1-3-5-6-7-8-9-10-11-12-13-14-18-17-15-16(17)4-2/h16-18H,3-15H2,1-2H3. The van der Waals surface area contributed by atoms with E-state index in [4.69, 9.17) is 0 Å². The highest BCUT2D eigenvalue weighted by atomic mass is 15.0. The molecule has 0 amide bonds. The van der Waals surface area contributed by atoms with Gasteiger partial charge in [-0.2, -0.15) is 0 Å². The van der Waals surface area contributed by atoms with E-state index in [0.29, 0.717) is 0 Å². The third-order valence-corrected chi connectivity index (χ3v) is 4.38. The Balaban J connectivity index is 1.66. The lowest BCUT2D eigenvalue weighted by atomic mass is 10.1. The summed E-state index contributed by atoms with van der Waals surface area (Å²) in [5.41, 5.74) is 0. The highest BCUT2D eigenvalue weighted by Gasteiger charge is 2.34. The predicted molar refractivity (Wildman–Crippen MR) is 82.0 cm³/mol. The van der Waals surface area contributed by atoms with Crippen LogP contribution in [0, 0.1) is 5.92 Å². The first-order valence-electron chi connectivity index (χ1n) is 8.61. The van der Waals surface area contributed by atoms with Crippen LogP contribution in [0.15, 0.2) is 0 Å². The van der Waals surface area contributed by atoms with Gasteiger partial charge >= 0.3 is 0 Å². The molecule has 1 heteroatoms. The van der Waals surface area contributed by atoms with E-state index in [2.05, 4.69) is 19.2 Å². The molecule has 2 atom stereocenters. The third-order valence-electron chi connectivity index (χ3n) is 4.38. The quantitative estimate of drug-likeness (QED) is 0.439. The monoisotopic (exact) mass is 253 g/mol. The van der Waals surface area contributed by atoms with Crippen molar-refractivity contribution >= 4 is 0 Å². The molecule has 1 aliphatic rings. The molecule has 0 heterocycles. The molecule has 0 aromatic heterocycles. The second-order valence-electron chi connectivity index (χ2n) is 6.15. The molecule has 1 rings (SSSR count). The molecular formula is C17H35N. The molecule has 0 aromatic rings. The fourth-order valence-corrected chi connectivity index (χ4v) is 2.85. The SMILES string of the molecule is CCCCCCCCCCCCNC1CC1CC. The zero-order valence-corrected chi connectivity index (χ0v) is 12.8. The highest BCUT2D eigenvalue weighted by Crippen LogP contribution is 2.32. The maximum absolute atomic E-state index is 3.68. The van der Waals surface area contributed by atoms with Gasteiger partial charge in [0.2, 0.25) is 0 Å². The van der Waals surface area contributed by atoms with Crippen molar-refractivity contribution in [3.8, 4) is 0 Å². The van der Waals surface area contributed by atoms with E-state index in [1.165, 1.54) is 83.6 Å². The summed E-state index contributed by atoms with van der Waals surface area (Å²) in [6.07, 6.45) is 17.2. The van der Waals surface area contributed by atoms with Gasteiger partial charge in [-0.3, -0.25) is 0 Å². The molecule has 0 aliphatic heterocycles. The summed E-state index contributed by atoms with van der Waals surface area (Å²) in [6, 6.07) is 0.883. The molecule has 1 nitrogen and oxygen atoms in total. The lowest BCUT2D eigenvalue weighted by molar-refractivity contribution is 0.536. The average Bonchev–Trinajstić information content (AvgIpc) is 3.14. The summed E-state index contributed by atoms with van der Waals surface area (Å²) >= 11 is 0. The highest BCUT2D eigenvalue weighted by molar-refractivity contribution is 4.91. The van der Waals surface area contributed by atoms with Crippen molar-refractivity contribution in [2.24, 2.45) is 5.92 Å². The largest absolute Gasteiger partial charge is 0.314 e. The van der Waals surface area contributed by atoms with E-state index in [1.807, 2.05) is 0 Å². The molecule has 1 fully saturated rings. The van der Waals surface area contributed by atoms with Crippen LogP contribution in [0.1, 0.15) is 90.9 Å². The topological polar surface area (TPSA) is 12.0 Å². The summed E-state index contributed by atoms with van der Waals surface area (Å²) in [5.74, 6) is 1.01. The van der Waals surface area contributed by atoms with Crippen molar-refractivity contribution in [3.63, 3.8) is 0 Å². The van der Waals surface area contributed by atoms with Crippen LogP contribution in [0.4, 0.5) is 0 Å². The molecule has 0 bridgehead atoms. The number of hydrogen-bond acceptors (Lipinski definition) is 1. The van der Waals surface area contributed by atoms with E-state index in [-0.39, 0.29) is 0 Å². The van der Waals surface area contributed by atoms with Crippen LogP contribution >= 0.6 is 0 Å². The van der Waals surface area contributed by atoms with Crippen molar-refractivity contribution in [1.29, 1.82) is 0 Å². The minimum Gasteiger partial charge on any atom is -0.314 e. The van der Waals surface area contributed by atoms with E-state index in [9.17, 15) is 0 Å². The Kier molecular flexibility index (Phi) is 9.65.